The van der Waals surface area contributed by atoms with Crippen LogP contribution in [-0.4, -0.2) is 37.7 Å². The Labute approximate surface area is 216 Å². The summed E-state index contributed by atoms with van der Waals surface area (Å²) >= 11 is 6.52. The van der Waals surface area contributed by atoms with Crippen LogP contribution < -0.4 is 20.9 Å². The second-order valence-electron chi connectivity index (χ2n) is 8.88. The van der Waals surface area contributed by atoms with E-state index in [4.69, 9.17) is 4.98 Å². The Kier molecular flexibility index (Phi) is 7.93. The van der Waals surface area contributed by atoms with Gasteiger partial charge in [-0.05, 0) is 65.7 Å². The molecule has 0 atom stereocenters. The number of nitrogens with one attached hydrogen (secondary N) is 3. The molecule has 0 radical (unpaired) electrons. The first-order chi connectivity index (χ1) is 16.3. The summed E-state index contributed by atoms with van der Waals surface area (Å²) in [4.78, 5) is 19.2. The van der Waals surface area contributed by atoms with E-state index in [0.29, 0.717) is 27.4 Å². The molecule has 1 saturated carbocycles. The lowest BCUT2D eigenvalue weighted by molar-refractivity contribution is 0.246. The van der Waals surface area contributed by atoms with Gasteiger partial charge < -0.3 is 20.9 Å². The number of carbonyl (C=O) groups is 1. The Morgan fingerprint density at radius 3 is 2.56 bits per heavy atom. The molecule has 0 bridgehead atoms. The SMILES string of the molecule is CN(C)c1cc(N[C@H]2CC[C@@H](CNC(=O)Nc3c(F)cc(Br)cc3Br)CC2)nc2ccccc12. The number of para-hydroxylation sites is 1. The number of urea groups is 1. The quantitative estimate of drug-likeness (QED) is 0.296. The van der Waals surface area contributed by atoms with Gasteiger partial charge in [-0.15, -0.1) is 0 Å². The van der Waals surface area contributed by atoms with Crippen molar-refractivity contribution in [3.63, 3.8) is 0 Å². The molecule has 6 nitrogen and oxygen atoms in total. The highest BCUT2D eigenvalue weighted by Crippen LogP contribution is 2.31. The average Bonchev–Trinajstić information content (AvgIpc) is 2.80. The Hall–Kier alpha value is -2.39. The van der Waals surface area contributed by atoms with Crippen LogP contribution in [0.4, 0.5) is 26.4 Å². The molecule has 0 unspecified atom stereocenters. The fraction of sp³-hybridized carbons (Fsp3) is 0.360. The number of anilines is 3. The fourth-order valence-corrected chi connectivity index (χ4v) is 5.65. The van der Waals surface area contributed by atoms with Crippen molar-refractivity contribution in [2.24, 2.45) is 5.92 Å². The van der Waals surface area contributed by atoms with E-state index >= 15 is 0 Å². The molecule has 0 spiro atoms. The van der Waals surface area contributed by atoms with Crippen LogP contribution in [0.25, 0.3) is 10.9 Å². The lowest BCUT2D eigenvalue weighted by Gasteiger charge is -2.30. The first-order valence-electron chi connectivity index (χ1n) is 11.3. The van der Waals surface area contributed by atoms with Gasteiger partial charge in [0.05, 0.1) is 11.2 Å². The van der Waals surface area contributed by atoms with E-state index in [0.717, 1.165) is 48.1 Å². The predicted molar refractivity (Wildman–Crippen MR) is 144 cm³/mol. The summed E-state index contributed by atoms with van der Waals surface area (Å²) < 4.78 is 15.2. The van der Waals surface area contributed by atoms with Gasteiger partial charge in [0.1, 0.15) is 11.6 Å². The third-order valence-electron chi connectivity index (χ3n) is 6.17. The van der Waals surface area contributed by atoms with E-state index in [1.54, 1.807) is 6.07 Å². The van der Waals surface area contributed by atoms with Crippen molar-refractivity contribution >= 4 is 66.0 Å². The molecule has 34 heavy (non-hydrogen) atoms. The minimum Gasteiger partial charge on any atom is -0.377 e. The highest BCUT2D eigenvalue weighted by atomic mass is 79.9. The highest BCUT2D eigenvalue weighted by molar-refractivity contribution is 9.11. The van der Waals surface area contributed by atoms with Gasteiger partial charge in [0.15, 0.2) is 0 Å². The van der Waals surface area contributed by atoms with Gasteiger partial charge >= 0.3 is 6.03 Å². The van der Waals surface area contributed by atoms with Crippen LogP contribution in [0.1, 0.15) is 25.7 Å². The summed E-state index contributed by atoms with van der Waals surface area (Å²) in [5, 5.41) is 10.2. The number of hydrogen-bond donors (Lipinski definition) is 3. The number of rotatable bonds is 6. The molecule has 9 heteroatoms. The zero-order chi connectivity index (χ0) is 24.2. The first kappa shape index (κ1) is 24.7. The molecule has 1 aromatic heterocycles. The summed E-state index contributed by atoms with van der Waals surface area (Å²) in [7, 11) is 4.09. The summed E-state index contributed by atoms with van der Waals surface area (Å²) in [6.07, 6.45) is 4.02. The number of pyridine rings is 1. The molecule has 2 amide bonds. The van der Waals surface area contributed by atoms with Gasteiger partial charge in [-0.2, -0.15) is 0 Å². The molecule has 180 valence electrons. The molecule has 1 aliphatic rings. The third-order valence-corrected chi connectivity index (χ3v) is 7.25. The van der Waals surface area contributed by atoms with Gasteiger partial charge in [0.25, 0.3) is 0 Å². The van der Waals surface area contributed by atoms with Gasteiger partial charge in [-0.1, -0.05) is 34.1 Å². The topological polar surface area (TPSA) is 69.3 Å². The van der Waals surface area contributed by atoms with Crippen molar-refractivity contribution in [3.8, 4) is 0 Å². The van der Waals surface area contributed by atoms with Gasteiger partial charge in [-0.3, -0.25) is 0 Å². The van der Waals surface area contributed by atoms with Crippen LogP contribution in [0.2, 0.25) is 0 Å². The van der Waals surface area contributed by atoms with Gasteiger partial charge in [-0.25, -0.2) is 14.2 Å². The molecule has 1 aliphatic carbocycles. The van der Waals surface area contributed by atoms with Crippen molar-refractivity contribution < 1.29 is 9.18 Å². The fourth-order valence-electron chi connectivity index (χ4n) is 4.38. The largest absolute Gasteiger partial charge is 0.377 e. The van der Waals surface area contributed by atoms with Crippen LogP contribution >= 0.6 is 31.9 Å². The predicted octanol–water partition coefficient (Wildman–Crippen LogP) is 6.76. The maximum absolute atomic E-state index is 14.1. The standard InChI is InChI=1S/C25H28Br2FN5O/c1-33(2)22-13-23(31-21-6-4-3-5-18(21)22)30-17-9-7-15(8-10-17)14-29-25(34)32-24-19(27)11-16(26)12-20(24)28/h3-6,11-13,15,17H,7-10,14H2,1-2H3,(H,30,31)(H2,29,32,34)/t15-,17+. The number of amides is 2. The van der Waals surface area contributed by atoms with Crippen LogP contribution in [0, 0.1) is 11.7 Å². The maximum Gasteiger partial charge on any atom is 0.319 e. The number of hydrogen-bond acceptors (Lipinski definition) is 4. The Morgan fingerprint density at radius 1 is 1.12 bits per heavy atom. The lowest BCUT2D eigenvalue weighted by Crippen LogP contribution is -2.36. The Balaban J connectivity index is 1.28. The highest BCUT2D eigenvalue weighted by Gasteiger charge is 2.22. The Bertz CT molecular complexity index is 1160. The summed E-state index contributed by atoms with van der Waals surface area (Å²) in [5.74, 6) is 0.789. The summed E-state index contributed by atoms with van der Waals surface area (Å²) in [5.41, 5.74) is 2.26. The van der Waals surface area contributed by atoms with E-state index in [2.05, 4.69) is 64.8 Å². The molecule has 3 aromatic rings. The normalized spacial score (nSPS) is 17.9. The van der Waals surface area contributed by atoms with Crippen molar-refractivity contribution in [1.29, 1.82) is 0 Å². The third kappa shape index (κ3) is 5.99. The second-order valence-corrected chi connectivity index (χ2v) is 10.6. The first-order valence-corrected chi connectivity index (χ1v) is 12.9. The molecule has 1 heterocycles. The van der Waals surface area contributed by atoms with Crippen LogP contribution in [0.15, 0.2) is 51.4 Å². The number of fused-ring (bicyclic) bond motifs is 1. The molecule has 2 aromatic carbocycles. The van der Waals surface area contributed by atoms with Crippen molar-refractivity contribution in [2.75, 3.05) is 36.2 Å². The smallest absolute Gasteiger partial charge is 0.319 e. The van der Waals surface area contributed by atoms with Crippen LogP contribution in [-0.2, 0) is 0 Å². The Morgan fingerprint density at radius 2 is 1.85 bits per heavy atom. The number of nitrogens with zero attached hydrogens (tertiary/aromatic N) is 2. The van der Waals surface area contributed by atoms with Crippen LogP contribution in [0.3, 0.4) is 0 Å². The second kappa shape index (κ2) is 10.9. The van der Waals surface area contributed by atoms with E-state index in [9.17, 15) is 9.18 Å². The van der Waals surface area contributed by atoms with Gasteiger partial charge in [0, 0.05) is 52.8 Å². The zero-order valence-corrected chi connectivity index (χ0v) is 22.3. The van der Waals surface area contributed by atoms with E-state index in [-0.39, 0.29) is 5.69 Å². The van der Waals surface area contributed by atoms with E-state index in [1.165, 1.54) is 6.07 Å². The molecular formula is C25H28Br2FN5O. The summed E-state index contributed by atoms with van der Waals surface area (Å²) in [6.45, 7) is 0.563. The molecule has 1 fully saturated rings. The monoisotopic (exact) mass is 591 g/mol. The van der Waals surface area contributed by atoms with Crippen molar-refractivity contribution in [1.82, 2.24) is 10.3 Å². The molecule has 4 rings (SSSR count). The minimum atomic E-state index is -0.497. The summed E-state index contributed by atoms with van der Waals surface area (Å²) in [6, 6.07) is 13.3. The lowest BCUT2D eigenvalue weighted by atomic mass is 9.86. The van der Waals surface area contributed by atoms with Crippen molar-refractivity contribution in [3.05, 3.63) is 57.2 Å². The van der Waals surface area contributed by atoms with Crippen LogP contribution in [0.5, 0.6) is 0 Å². The van der Waals surface area contributed by atoms with Gasteiger partial charge in [0.2, 0.25) is 0 Å². The molecule has 3 N–H and O–H groups in total. The minimum absolute atomic E-state index is 0.133. The maximum atomic E-state index is 14.1. The number of benzene rings is 2. The zero-order valence-electron chi connectivity index (χ0n) is 19.2. The van der Waals surface area contributed by atoms with E-state index < -0.39 is 11.8 Å². The average molecular weight is 593 g/mol. The molecule has 0 saturated heterocycles. The van der Waals surface area contributed by atoms with Crippen molar-refractivity contribution in [2.45, 2.75) is 31.7 Å². The number of halogens is 3. The van der Waals surface area contributed by atoms with E-state index in [1.807, 2.05) is 32.3 Å². The number of carbonyl (C=O) groups excluding carboxylic acids is 1. The number of aromatic nitrogens is 1. The molecule has 0 aliphatic heterocycles. The molecular weight excluding hydrogens is 565 g/mol.